The predicted molar refractivity (Wildman–Crippen MR) is 125 cm³/mol. The highest BCUT2D eigenvalue weighted by atomic mass is 32.2. The van der Waals surface area contributed by atoms with E-state index in [1.807, 2.05) is 19.1 Å². The van der Waals surface area contributed by atoms with E-state index in [1.54, 1.807) is 12.1 Å². The summed E-state index contributed by atoms with van der Waals surface area (Å²) in [4.78, 5) is 12.7. The highest BCUT2D eigenvalue weighted by Crippen LogP contribution is 2.19. The Kier molecular flexibility index (Phi) is 8.11. The van der Waals surface area contributed by atoms with Crippen LogP contribution in [0.3, 0.4) is 0 Å². The van der Waals surface area contributed by atoms with Crippen LogP contribution in [0, 0.1) is 5.92 Å². The van der Waals surface area contributed by atoms with Crippen molar-refractivity contribution in [1.29, 1.82) is 0 Å². The zero-order valence-electron chi connectivity index (χ0n) is 18.0. The van der Waals surface area contributed by atoms with Gasteiger partial charge in [0.2, 0.25) is 15.9 Å². The maximum absolute atomic E-state index is 12.5. The molecule has 2 N–H and O–H groups in total. The number of nitrogens with one attached hydrogen (secondary N) is 2. The molecule has 30 heavy (non-hydrogen) atoms. The molecular formula is C22H29N3O3S2. The quantitative estimate of drug-likeness (QED) is 0.632. The topological polar surface area (TPSA) is 78.5 Å². The van der Waals surface area contributed by atoms with Crippen LogP contribution in [-0.4, -0.2) is 37.8 Å². The van der Waals surface area contributed by atoms with Gasteiger partial charge in [0, 0.05) is 19.8 Å². The number of carbonyl (C=O) groups excluding carboxylic acids is 1. The maximum Gasteiger partial charge on any atom is 0.242 e. The molecule has 0 heterocycles. The third kappa shape index (κ3) is 6.35. The van der Waals surface area contributed by atoms with Gasteiger partial charge in [-0.1, -0.05) is 38.1 Å². The molecular weight excluding hydrogens is 418 g/mol. The summed E-state index contributed by atoms with van der Waals surface area (Å²) in [5.74, 6) is 0.0125. The van der Waals surface area contributed by atoms with Gasteiger partial charge in [-0.3, -0.25) is 4.79 Å². The molecule has 8 heteroatoms. The second-order valence-electron chi connectivity index (χ2n) is 7.82. The van der Waals surface area contributed by atoms with Gasteiger partial charge >= 0.3 is 0 Å². The Morgan fingerprint density at radius 1 is 1.00 bits per heavy atom. The van der Waals surface area contributed by atoms with E-state index in [1.165, 1.54) is 31.8 Å². The summed E-state index contributed by atoms with van der Waals surface area (Å²) >= 11 is 5.23. The van der Waals surface area contributed by atoms with E-state index in [0.717, 1.165) is 16.3 Å². The minimum atomic E-state index is -3.49. The zero-order valence-corrected chi connectivity index (χ0v) is 19.6. The third-order valence-corrected chi connectivity index (χ3v) is 6.68. The summed E-state index contributed by atoms with van der Waals surface area (Å²) < 4.78 is 25.4. The second-order valence-corrected chi connectivity index (χ2v) is 10.4. The molecule has 0 aliphatic heterocycles. The first-order valence-electron chi connectivity index (χ1n) is 9.74. The van der Waals surface area contributed by atoms with E-state index in [9.17, 15) is 13.2 Å². The van der Waals surface area contributed by atoms with Crippen LogP contribution in [0.5, 0.6) is 0 Å². The van der Waals surface area contributed by atoms with Crippen molar-refractivity contribution in [3.8, 4) is 0 Å². The van der Waals surface area contributed by atoms with Crippen LogP contribution in [0.2, 0.25) is 0 Å². The Morgan fingerprint density at radius 3 is 2.07 bits per heavy atom. The van der Waals surface area contributed by atoms with Crippen molar-refractivity contribution >= 4 is 38.9 Å². The second kappa shape index (κ2) is 10.1. The van der Waals surface area contributed by atoms with Crippen molar-refractivity contribution in [2.45, 2.75) is 38.0 Å². The number of amides is 1. The third-order valence-electron chi connectivity index (χ3n) is 4.64. The number of anilines is 1. The first-order chi connectivity index (χ1) is 14.0. The Labute approximate surface area is 184 Å². The van der Waals surface area contributed by atoms with Crippen molar-refractivity contribution in [1.82, 2.24) is 9.62 Å². The highest BCUT2D eigenvalue weighted by molar-refractivity contribution is 7.89. The zero-order chi connectivity index (χ0) is 22.5. The van der Waals surface area contributed by atoms with Gasteiger partial charge in [0.1, 0.15) is 0 Å². The molecule has 2 rings (SSSR count). The number of hydrogen-bond donors (Lipinski definition) is 2. The molecule has 0 aliphatic carbocycles. The van der Waals surface area contributed by atoms with Gasteiger partial charge in [-0.2, -0.15) is 0 Å². The number of benzene rings is 2. The molecule has 0 aromatic heterocycles. The first kappa shape index (κ1) is 24.0. The molecule has 1 unspecified atom stereocenters. The molecule has 1 amide bonds. The van der Waals surface area contributed by atoms with Gasteiger partial charge in [0.15, 0.2) is 5.11 Å². The van der Waals surface area contributed by atoms with E-state index < -0.39 is 10.0 Å². The average molecular weight is 448 g/mol. The fourth-order valence-corrected chi connectivity index (χ4v) is 3.99. The van der Waals surface area contributed by atoms with Gasteiger partial charge in [-0.25, -0.2) is 12.7 Å². The number of nitrogens with zero attached hydrogens (tertiary/aromatic N) is 1. The van der Waals surface area contributed by atoms with E-state index in [2.05, 4.69) is 36.6 Å². The summed E-state index contributed by atoms with van der Waals surface area (Å²) in [6.45, 7) is 6.18. The smallest absolute Gasteiger partial charge is 0.242 e. The summed E-state index contributed by atoms with van der Waals surface area (Å²) in [6, 6.07) is 14.2. The van der Waals surface area contributed by atoms with Gasteiger partial charge in [0.05, 0.1) is 10.8 Å². The summed E-state index contributed by atoms with van der Waals surface area (Å²) in [7, 11) is -0.535. The Balaban J connectivity index is 1.96. The van der Waals surface area contributed by atoms with E-state index in [4.69, 9.17) is 12.2 Å². The van der Waals surface area contributed by atoms with Crippen LogP contribution < -0.4 is 10.6 Å². The number of thiocarbonyl (C=S) groups is 1. The SMILES string of the molecule is CC(C)Cc1ccc(C(C)C(=O)NC(=S)Nc2ccc(S(=O)(=O)N(C)C)cc2)cc1. The van der Waals surface area contributed by atoms with Crippen LogP contribution in [0.15, 0.2) is 53.4 Å². The number of carbonyl (C=O) groups is 1. The average Bonchev–Trinajstić information content (AvgIpc) is 2.67. The van der Waals surface area contributed by atoms with Crippen molar-refractivity contribution in [3.63, 3.8) is 0 Å². The lowest BCUT2D eigenvalue weighted by molar-refractivity contribution is -0.120. The molecule has 0 aliphatic rings. The molecule has 6 nitrogen and oxygen atoms in total. The standard InChI is InChI=1S/C22H29N3O3S2/c1-15(2)14-17-6-8-18(9-7-17)16(3)21(26)24-22(29)23-19-10-12-20(13-11-19)30(27,28)25(4)5/h6-13,15-16H,14H2,1-5H3,(H2,23,24,26,29). The summed E-state index contributed by atoms with van der Waals surface area (Å²) in [5, 5.41) is 5.76. The van der Waals surface area contributed by atoms with Crippen molar-refractivity contribution in [2.75, 3.05) is 19.4 Å². The van der Waals surface area contributed by atoms with Crippen molar-refractivity contribution in [2.24, 2.45) is 5.92 Å². The molecule has 0 spiro atoms. The Morgan fingerprint density at radius 2 is 1.57 bits per heavy atom. The largest absolute Gasteiger partial charge is 0.332 e. The van der Waals surface area contributed by atoms with Crippen LogP contribution >= 0.6 is 12.2 Å². The van der Waals surface area contributed by atoms with E-state index in [0.29, 0.717) is 11.6 Å². The first-order valence-corrected chi connectivity index (χ1v) is 11.6. The predicted octanol–water partition coefficient (Wildman–Crippen LogP) is 3.75. The van der Waals surface area contributed by atoms with Gasteiger partial charge < -0.3 is 10.6 Å². The molecule has 0 saturated heterocycles. The van der Waals surface area contributed by atoms with Gasteiger partial charge in [-0.05, 0) is 66.9 Å². The van der Waals surface area contributed by atoms with Crippen LogP contribution in [-0.2, 0) is 21.2 Å². The monoisotopic (exact) mass is 447 g/mol. The van der Waals surface area contributed by atoms with Crippen LogP contribution in [0.25, 0.3) is 0 Å². The molecule has 0 saturated carbocycles. The Hall–Kier alpha value is -2.29. The number of sulfonamides is 1. The highest BCUT2D eigenvalue weighted by Gasteiger charge is 2.18. The molecule has 0 bridgehead atoms. The van der Waals surface area contributed by atoms with E-state index >= 15 is 0 Å². The molecule has 162 valence electrons. The van der Waals surface area contributed by atoms with Gasteiger partial charge in [0.25, 0.3) is 0 Å². The Bertz CT molecular complexity index is 983. The molecule has 2 aromatic rings. The van der Waals surface area contributed by atoms with E-state index in [-0.39, 0.29) is 21.8 Å². The number of hydrogen-bond acceptors (Lipinski definition) is 4. The lowest BCUT2D eigenvalue weighted by Gasteiger charge is -2.15. The number of rotatable bonds is 7. The van der Waals surface area contributed by atoms with Crippen LogP contribution in [0.1, 0.15) is 37.8 Å². The normalized spacial score (nSPS) is 12.6. The molecule has 2 aromatic carbocycles. The summed E-state index contributed by atoms with van der Waals surface area (Å²) in [6.07, 6.45) is 1.00. The minimum Gasteiger partial charge on any atom is -0.332 e. The van der Waals surface area contributed by atoms with Crippen LogP contribution in [0.4, 0.5) is 5.69 Å². The van der Waals surface area contributed by atoms with Crippen molar-refractivity contribution in [3.05, 3.63) is 59.7 Å². The minimum absolute atomic E-state index is 0.159. The molecule has 1 atom stereocenters. The molecule has 0 fully saturated rings. The van der Waals surface area contributed by atoms with Crippen molar-refractivity contribution < 1.29 is 13.2 Å². The fraction of sp³-hybridized carbons (Fsp3) is 0.364. The fourth-order valence-electron chi connectivity index (χ4n) is 2.87. The lowest BCUT2D eigenvalue weighted by Crippen LogP contribution is -2.36. The van der Waals surface area contributed by atoms with Gasteiger partial charge in [-0.15, -0.1) is 0 Å². The summed E-state index contributed by atoms with van der Waals surface area (Å²) in [5.41, 5.74) is 2.75. The maximum atomic E-state index is 12.5. The lowest BCUT2D eigenvalue weighted by atomic mass is 9.96. The molecule has 0 radical (unpaired) electrons.